The lowest BCUT2D eigenvalue weighted by molar-refractivity contribution is 0.174. The number of benzene rings is 2. The van der Waals surface area contributed by atoms with E-state index in [1.165, 1.54) is 0 Å². The maximum absolute atomic E-state index is 9.07. The van der Waals surface area contributed by atoms with E-state index < -0.39 is 0 Å². The summed E-state index contributed by atoms with van der Waals surface area (Å²) in [6, 6.07) is 15.4. The Balaban J connectivity index is 2.13. The van der Waals surface area contributed by atoms with Gasteiger partial charge in [0.2, 0.25) is 6.79 Å². The first-order valence-electron chi connectivity index (χ1n) is 5.27. The van der Waals surface area contributed by atoms with Crippen molar-refractivity contribution < 1.29 is 9.47 Å². The molecule has 3 nitrogen and oxygen atoms in total. The van der Waals surface area contributed by atoms with Gasteiger partial charge in [0.1, 0.15) is 0 Å². The van der Waals surface area contributed by atoms with Crippen LogP contribution in [0.4, 0.5) is 0 Å². The minimum Gasteiger partial charge on any atom is -0.454 e. The third-order valence-corrected chi connectivity index (χ3v) is 2.73. The van der Waals surface area contributed by atoms with Crippen LogP contribution in [0.15, 0.2) is 42.5 Å². The Labute approximate surface area is 98.8 Å². The first-order valence-corrected chi connectivity index (χ1v) is 5.27. The predicted molar refractivity (Wildman–Crippen MR) is 62.7 cm³/mol. The average Bonchev–Trinajstić information content (AvgIpc) is 2.85. The lowest BCUT2D eigenvalue weighted by Gasteiger charge is -2.04. The van der Waals surface area contributed by atoms with Crippen molar-refractivity contribution in [2.45, 2.75) is 0 Å². The SMILES string of the molecule is N#Cc1ccccc1-c1ccc2c(c1)OCO2. The molecular formula is C14H9NO2. The highest BCUT2D eigenvalue weighted by Gasteiger charge is 2.14. The molecule has 0 spiro atoms. The van der Waals surface area contributed by atoms with Gasteiger partial charge in [0.05, 0.1) is 11.6 Å². The maximum Gasteiger partial charge on any atom is 0.231 e. The van der Waals surface area contributed by atoms with Gasteiger partial charge in [-0.25, -0.2) is 0 Å². The van der Waals surface area contributed by atoms with Crippen molar-refractivity contribution in [1.29, 1.82) is 5.26 Å². The van der Waals surface area contributed by atoms with E-state index in [1.807, 2.05) is 36.4 Å². The van der Waals surface area contributed by atoms with E-state index in [-0.39, 0.29) is 6.79 Å². The second kappa shape index (κ2) is 3.84. The van der Waals surface area contributed by atoms with E-state index in [0.717, 1.165) is 22.6 Å². The molecular weight excluding hydrogens is 214 g/mol. The molecule has 0 aliphatic carbocycles. The van der Waals surface area contributed by atoms with Crippen LogP contribution >= 0.6 is 0 Å². The minimum absolute atomic E-state index is 0.263. The van der Waals surface area contributed by atoms with Crippen molar-refractivity contribution in [3.63, 3.8) is 0 Å². The predicted octanol–water partition coefficient (Wildman–Crippen LogP) is 2.95. The monoisotopic (exact) mass is 223 g/mol. The number of rotatable bonds is 1. The lowest BCUT2D eigenvalue weighted by atomic mass is 10.0. The Morgan fingerprint density at radius 3 is 2.71 bits per heavy atom. The van der Waals surface area contributed by atoms with Crippen molar-refractivity contribution in [2.24, 2.45) is 0 Å². The molecule has 1 heterocycles. The zero-order chi connectivity index (χ0) is 11.7. The Hall–Kier alpha value is -2.47. The summed E-state index contributed by atoms with van der Waals surface area (Å²) in [6.07, 6.45) is 0. The van der Waals surface area contributed by atoms with Crippen LogP contribution in [0.25, 0.3) is 11.1 Å². The lowest BCUT2D eigenvalue weighted by Crippen LogP contribution is -1.92. The fourth-order valence-corrected chi connectivity index (χ4v) is 1.90. The van der Waals surface area contributed by atoms with E-state index in [2.05, 4.69) is 6.07 Å². The molecule has 1 aliphatic heterocycles. The molecule has 0 fully saturated rings. The van der Waals surface area contributed by atoms with Gasteiger partial charge in [0, 0.05) is 0 Å². The van der Waals surface area contributed by atoms with Crippen LogP contribution in [0.1, 0.15) is 5.56 Å². The standard InChI is InChI=1S/C14H9NO2/c15-8-11-3-1-2-4-12(11)10-5-6-13-14(7-10)17-9-16-13/h1-7H,9H2. The fraction of sp³-hybridized carbons (Fsp3) is 0.0714. The Bertz CT molecular complexity index is 614. The molecule has 3 rings (SSSR count). The topological polar surface area (TPSA) is 42.2 Å². The molecule has 3 heteroatoms. The third-order valence-electron chi connectivity index (χ3n) is 2.73. The number of fused-ring (bicyclic) bond motifs is 1. The molecule has 0 radical (unpaired) electrons. The van der Waals surface area contributed by atoms with Crippen LogP contribution in [0.5, 0.6) is 11.5 Å². The van der Waals surface area contributed by atoms with Gasteiger partial charge in [0.15, 0.2) is 11.5 Å². The smallest absolute Gasteiger partial charge is 0.231 e. The number of hydrogen-bond donors (Lipinski definition) is 0. The molecule has 0 saturated heterocycles. The number of nitrogens with zero attached hydrogens (tertiary/aromatic N) is 1. The molecule has 17 heavy (non-hydrogen) atoms. The molecule has 0 unspecified atom stereocenters. The number of hydrogen-bond acceptors (Lipinski definition) is 3. The maximum atomic E-state index is 9.07. The zero-order valence-corrected chi connectivity index (χ0v) is 9.01. The second-order valence-corrected chi connectivity index (χ2v) is 3.73. The Kier molecular flexibility index (Phi) is 2.20. The van der Waals surface area contributed by atoms with Gasteiger partial charge in [-0.15, -0.1) is 0 Å². The molecule has 82 valence electrons. The molecule has 0 aromatic heterocycles. The highest BCUT2D eigenvalue weighted by Crippen LogP contribution is 2.36. The highest BCUT2D eigenvalue weighted by molar-refractivity contribution is 5.72. The molecule has 0 atom stereocenters. The first kappa shape index (κ1) is 9.73. The summed E-state index contributed by atoms with van der Waals surface area (Å²) in [7, 11) is 0. The highest BCUT2D eigenvalue weighted by atomic mass is 16.7. The van der Waals surface area contributed by atoms with Gasteiger partial charge in [-0.1, -0.05) is 24.3 Å². The van der Waals surface area contributed by atoms with Crippen LogP contribution in [0.3, 0.4) is 0 Å². The average molecular weight is 223 g/mol. The van der Waals surface area contributed by atoms with E-state index in [0.29, 0.717) is 5.56 Å². The summed E-state index contributed by atoms with van der Waals surface area (Å²) in [5.41, 5.74) is 2.53. The van der Waals surface area contributed by atoms with E-state index >= 15 is 0 Å². The van der Waals surface area contributed by atoms with E-state index in [4.69, 9.17) is 14.7 Å². The van der Waals surface area contributed by atoms with Crippen LogP contribution < -0.4 is 9.47 Å². The van der Waals surface area contributed by atoms with Crippen LogP contribution in [-0.2, 0) is 0 Å². The van der Waals surface area contributed by atoms with Gasteiger partial charge >= 0.3 is 0 Å². The molecule has 0 N–H and O–H groups in total. The van der Waals surface area contributed by atoms with Gasteiger partial charge in [-0.05, 0) is 29.3 Å². The Morgan fingerprint density at radius 1 is 1.00 bits per heavy atom. The number of ether oxygens (including phenoxy) is 2. The summed E-state index contributed by atoms with van der Waals surface area (Å²) in [5, 5.41) is 9.07. The third kappa shape index (κ3) is 1.60. The second-order valence-electron chi connectivity index (χ2n) is 3.73. The zero-order valence-electron chi connectivity index (χ0n) is 9.01. The summed E-state index contributed by atoms with van der Waals surface area (Å²) in [5.74, 6) is 1.48. The molecule has 0 bridgehead atoms. The largest absolute Gasteiger partial charge is 0.454 e. The molecule has 0 saturated carbocycles. The van der Waals surface area contributed by atoms with Crippen molar-refractivity contribution in [3.8, 4) is 28.7 Å². The van der Waals surface area contributed by atoms with E-state index in [1.54, 1.807) is 6.07 Å². The summed E-state index contributed by atoms with van der Waals surface area (Å²) in [6.45, 7) is 0.263. The van der Waals surface area contributed by atoms with Crippen LogP contribution in [0, 0.1) is 11.3 Å². The summed E-state index contributed by atoms with van der Waals surface area (Å²) in [4.78, 5) is 0. The molecule has 2 aromatic carbocycles. The van der Waals surface area contributed by atoms with Crippen molar-refractivity contribution in [2.75, 3.05) is 6.79 Å². The van der Waals surface area contributed by atoms with Crippen molar-refractivity contribution in [3.05, 3.63) is 48.0 Å². The minimum atomic E-state index is 0.263. The van der Waals surface area contributed by atoms with Crippen LogP contribution in [-0.4, -0.2) is 6.79 Å². The quantitative estimate of drug-likeness (QED) is 0.746. The first-order chi connectivity index (χ1) is 8.38. The van der Waals surface area contributed by atoms with Gasteiger partial charge in [-0.3, -0.25) is 0 Å². The molecule has 0 amide bonds. The van der Waals surface area contributed by atoms with Crippen molar-refractivity contribution >= 4 is 0 Å². The van der Waals surface area contributed by atoms with Crippen LogP contribution in [0.2, 0.25) is 0 Å². The number of nitriles is 1. The normalized spacial score (nSPS) is 12.2. The van der Waals surface area contributed by atoms with Gasteiger partial charge in [0.25, 0.3) is 0 Å². The summed E-state index contributed by atoms with van der Waals surface area (Å²) < 4.78 is 10.6. The van der Waals surface area contributed by atoms with Gasteiger partial charge in [-0.2, -0.15) is 5.26 Å². The van der Waals surface area contributed by atoms with Gasteiger partial charge < -0.3 is 9.47 Å². The fourth-order valence-electron chi connectivity index (χ4n) is 1.90. The Morgan fingerprint density at radius 2 is 1.82 bits per heavy atom. The van der Waals surface area contributed by atoms with Crippen molar-refractivity contribution in [1.82, 2.24) is 0 Å². The van der Waals surface area contributed by atoms with E-state index in [9.17, 15) is 0 Å². The molecule has 2 aromatic rings. The summed E-state index contributed by atoms with van der Waals surface area (Å²) >= 11 is 0. The molecule has 1 aliphatic rings.